The molecule has 0 radical (unpaired) electrons. The van der Waals surface area contributed by atoms with Crippen LogP contribution in [0.25, 0.3) is 0 Å². The largest absolute Gasteiger partial charge is 0.490 e. The van der Waals surface area contributed by atoms with Gasteiger partial charge in [-0.25, -0.2) is 4.79 Å². The van der Waals surface area contributed by atoms with E-state index < -0.39 is 12.1 Å². The molecule has 8 heteroatoms. The first kappa shape index (κ1) is 23.3. The topological polar surface area (TPSA) is 95.5 Å². The molecule has 0 aliphatic heterocycles. The van der Waals surface area contributed by atoms with Gasteiger partial charge in [0, 0.05) is 5.75 Å². The lowest BCUT2D eigenvalue weighted by molar-refractivity contribution is -0.150. The third kappa shape index (κ3) is 7.79. The lowest BCUT2D eigenvalue weighted by Gasteiger charge is -2.16. The van der Waals surface area contributed by atoms with Crippen molar-refractivity contribution in [2.24, 2.45) is 15.9 Å². The molecule has 7 nitrogen and oxygen atoms in total. The van der Waals surface area contributed by atoms with Crippen LogP contribution in [0, 0.1) is 0 Å². The van der Waals surface area contributed by atoms with Gasteiger partial charge in [-0.2, -0.15) is 5.10 Å². The third-order valence-electron chi connectivity index (χ3n) is 3.78. The van der Waals surface area contributed by atoms with Crippen LogP contribution in [0.3, 0.4) is 0 Å². The Morgan fingerprint density at radius 1 is 1.13 bits per heavy atom. The summed E-state index contributed by atoms with van der Waals surface area (Å²) in [6.45, 7) is 6.00. The summed E-state index contributed by atoms with van der Waals surface area (Å²) in [5.74, 6) is 1.26. The van der Waals surface area contributed by atoms with Crippen LogP contribution in [0.5, 0.6) is 11.5 Å². The van der Waals surface area contributed by atoms with Gasteiger partial charge in [0.05, 0.1) is 19.4 Å². The van der Waals surface area contributed by atoms with E-state index in [0.717, 1.165) is 11.3 Å². The SMILES string of the molecule is CCOC(=O)C(C)Oc1ccc(C=NN=C(N)SCc2ccccc2)cc1OCC. The lowest BCUT2D eigenvalue weighted by atomic mass is 10.2. The number of ether oxygens (including phenoxy) is 3. The van der Waals surface area contributed by atoms with Crippen molar-refractivity contribution in [2.75, 3.05) is 13.2 Å². The maximum Gasteiger partial charge on any atom is 0.347 e. The molecule has 0 amide bonds. The highest BCUT2D eigenvalue weighted by Gasteiger charge is 2.18. The van der Waals surface area contributed by atoms with E-state index in [2.05, 4.69) is 10.2 Å². The molecular formula is C22H27N3O4S. The number of esters is 1. The predicted octanol–water partition coefficient (Wildman–Crippen LogP) is 4.00. The molecular weight excluding hydrogens is 402 g/mol. The number of amidine groups is 1. The molecule has 0 aliphatic rings. The number of rotatable bonds is 10. The molecule has 2 aromatic rings. The Morgan fingerprint density at radius 3 is 2.60 bits per heavy atom. The first-order valence-electron chi connectivity index (χ1n) is 9.66. The normalized spacial score (nSPS) is 12.6. The second kappa shape index (κ2) is 12.5. The zero-order valence-corrected chi connectivity index (χ0v) is 18.2. The number of benzene rings is 2. The number of hydrogen-bond donors (Lipinski definition) is 1. The standard InChI is InChI=1S/C22H27N3O4S/c1-4-27-20-13-18(11-12-19(20)29-16(3)21(26)28-5-2)14-24-25-22(23)30-15-17-9-7-6-8-10-17/h6-14,16H,4-5,15H2,1-3H3,(H2,23,25). The average molecular weight is 430 g/mol. The van der Waals surface area contributed by atoms with E-state index in [1.54, 1.807) is 38.3 Å². The highest BCUT2D eigenvalue weighted by molar-refractivity contribution is 8.13. The summed E-state index contributed by atoms with van der Waals surface area (Å²) < 4.78 is 16.3. The van der Waals surface area contributed by atoms with Gasteiger partial charge in [0.25, 0.3) is 0 Å². The molecule has 0 aliphatic carbocycles. The summed E-state index contributed by atoms with van der Waals surface area (Å²) >= 11 is 1.42. The van der Waals surface area contributed by atoms with E-state index in [1.165, 1.54) is 17.3 Å². The minimum atomic E-state index is -0.741. The third-order valence-corrected chi connectivity index (χ3v) is 4.64. The Bertz CT molecular complexity index is 872. The van der Waals surface area contributed by atoms with E-state index in [-0.39, 0.29) is 0 Å². The molecule has 0 aromatic heterocycles. The van der Waals surface area contributed by atoms with Gasteiger partial charge in [-0.3, -0.25) is 0 Å². The molecule has 2 aromatic carbocycles. The van der Waals surface area contributed by atoms with Crippen LogP contribution in [0.2, 0.25) is 0 Å². The van der Waals surface area contributed by atoms with Crippen molar-refractivity contribution in [3.63, 3.8) is 0 Å². The van der Waals surface area contributed by atoms with Crippen LogP contribution in [0.4, 0.5) is 0 Å². The second-order valence-corrected chi connectivity index (χ2v) is 7.10. The van der Waals surface area contributed by atoms with Crippen LogP contribution in [-0.2, 0) is 15.3 Å². The van der Waals surface area contributed by atoms with E-state index in [9.17, 15) is 4.79 Å². The van der Waals surface area contributed by atoms with Gasteiger partial charge in [0.2, 0.25) is 0 Å². The van der Waals surface area contributed by atoms with Gasteiger partial charge >= 0.3 is 5.97 Å². The lowest BCUT2D eigenvalue weighted by Crippen LogP contribution is -2.26. The van der Waals surface area contributed by atoms with Gasteiger partial charge in [-0.15, -0.1) is 5.10 Å². The number of carbonyl (C=O) groups excluding carboxylic acids is 1. The highest BCUT2D eigenvalue weighted by atomic mass is 32.2. The van der Waals surface area contributed by atoms with Crippen LogP contribution in [0.15, 0.2) is 58.7 Å². The van der Waals surface area contributed by atoms with E-state index in [1.807, 2.05) is 37.3 Å². The van der Waals surface area contributed by atoms with Crippen LogP contribution in [-0.4, -0.2) is 36.7 Å². The van der Waals surface area contributed by atoms with Crippen molar-refractivity contribution < 1.29 is 19.0 Å². The summed E-state index contributed by atoms with van der Waals surface area (Å²) in [4.78, 5) is 11.8. The van der Waals surface area contributed by atoms with Crippen molar-refractivity contribution in [1.29, 1.82) is 0 Å². The van der Waals surface area contributed by atoms with Crippen molar-refractivity contribution in [3.8, 4) is 11.5 Å². The maximum absolute atomic E-state index is 11.8. The summed E-state index contributed by atoms with van der Waals surface area (Å²) in [6.07, 6.45) is 0.839. The summed E-state index contributed by atoms with van der Waals surface area (Å²) in [5, 5.41) is 8.44. The number of carbonyl (C=O) groups is 1. The Hall–Kier alpha value is -3.00. The highest BCUT2D eigenvalue weighted by Crippen LogP contribution is 2.29. The maximum atomic E-state index is 11.8. The smallest absolute Gasteiger partial charge is 0.347 e. The fourth-order valence-corrected chi connectivity index (χ4v) is 2.99. The summed E-state index contributed by atoms with van der Waals surface area (Å²) in [5.41, 5.74) is 7.83. The van der Waals surface area contributed by atoms with Crippen LogP contribution < -0.4 is 15.2 Å². The Balaban J connectivity index is 2.01. The van der Waals surface area contributed by atoms with Crippen molar-refractivity contribution in [3.05, 3.63) is 59.7 Å². The van der Waals surface area contributed by atoms with Gasteiger partial charge in [0.15, 0.2) is 22.8 Å². The molecule has 30 heavy (non-hydrogen) atoms. The number of hydrogen-bond acceptors (Lipinski definition) is 7. The fourth-order valence-electron chi connectivity index (χ4n) is 2.38. The minimum Gasteiger partial charge on any atom is -0.490 e. The van der Waals surface area contributed by atoms with Crippen LogP contribution in [0.1, 0.15) is 31.9 Å². The Labute approximate surface area is 181 Å². The molecule has 1 unspecified atom stereocenters. The molecule has 2 rings (SSSR count). The number of nitrogens with zero attached hydrogens (tertiary/aromatic N) is 2. The zero-order valence-electron chi connectivity index (χ0n) is 17.4. The second-order valence-electron chi connectivity index (χ2n) is 6.11. The van der Waals surface area contributed by atoms with E-state index in [0.29, 0.717) is 29.9 Å². The molecule has 160 valence electrons. The zero-order chi connectivity index (χ0) is 21.8. The summed E-state index contributed by atoms with van der Waals surface area (Å²) in [6, 6.07) is 15.3. The summed E-state index contributed by atoms with van der Waals surface area (Å²) in [7, 11) is 0. The Morgan fingerprint density at radius 2 is 1.90 bits per heavy atom. The van der Waals surface area contributed by atoms with Crippen molar-refractivity contribution >= 4 is 29.1 Å². The predicted molar refractivity (Wildman–Crippen MR) is 121 cm³/mol. The molecule has 1 atom stereocenters. The van der Waals surface area contributed by atoms with Gasteiger partial charge in [0.1, 0.15) is 0 Å². The molecule has 0 bridgehead atoms. The fraction of sp³-hybridized carbons (Fsp3) is 0.318. The molecule has 0 saturated heterocycles. The molecule has 0 fully saturated rings. The molecule has 2 N–H and O–H groups in total. The van der Waals surface area contributed by atoms with Gasteiger partial charge in [-0.05, 0) is 50.1 Å². The Kier molecular flexibility index (Phi) is 9.73. The molecule has 0 saturated carbocycles. The first-order valence-corrected chi connectivity index (χ1v) is 10.6. The molecule has 0 heterocycles. The quantitative estimate of drug-likeness (QED) is 0.265. The van der Waals surface area contributed by atoms with Gasteiger partial charge in [-0.1, -0.05) is 42.1 Å². The monoisotopic (exact) mass is 429 g/mol. The van der Waals surface area contributed by atoms with E-state index in [4.69, 9.17) is 19.9 Å². The minimum absolute atomic E-state index is 0.299. The van der Waals surface area contributed by atoms with Gasteiger partial charge < -0.3 is 19.9 Å². The van der Waals surface area contributed by atoms with Crippen LogP contribution >= 0.6 is 11.8 Å². The van der Waals surface area contributed by atoms with Crippen molar-refractivity contribution in [2.45, 2.75) is 32.6 Å². The van der Waals surface area contributed by atoms with E-state index >= 15 is 0 Å². The number of thioether (sulfide) groups is 1. The van der Waals surface area contributed by atoms with Crippen molar-refractivity contribution in [1.82, 2.24) is 0 Å². The average Bonchev–Trinajstić information content (AvgIpc) is 2.75. The number of nitrogens with two attached hydrogens (primary N) is 1. The first-order chi connectivity index (χ1) is 14.5. The molecule has 0 spiro atoms.